The SMILES string of the molecule is CCOc1cc2c(=O)oc(-c3ccccc3OC)nc2cc1OC. The molecule has 0 saturated heterocycles. The highest BCUT2D eigenvalue weighted by Crippen LogP contribution is 2.33. The van der Waals surface area contributed by atoms with E-state index in [9.17, 15) is 4.79 Å². The molecule has 0 N–H and O–H groups in total. The molecule has 0 aliphatic rings. The molecule has 24 heavy (non-hydrogen) atoms. The molecule has 2 aromatic carbocycles. The molecule has 0 aliphatic carbocycles. The van der Waals surface area contributed by atoms with Crippen molar-refractivity contribution in [2.24, 2.45) is 0 Å². The van der Waals surface area contributed by atoms with Crippen molar-refractivity contribution in [1.29, 1.82) is 0 Å². The van der Waals surface area contributed by atoms with Crippen LogP contribution in [0.15, 0.2) is 45.6 Å². The number of ether oxygens (including phenoxy) is 3. The fourth-order valence-corrected chi connectivity index (χ4v) is 2.44. The number of aromatic nitrogens is 1. The average Bonchev–Trinajstić information content (AvgIpc) is 2.61. The van der Waals surface area contributed by atoms with Crippen LogP contribution in [0.25, 0.3) is 22.4 Å². The summed E-state index contributed by atoms with van der Waals surface area (Å²) in [6, 6.07) is 10.5. The molecule has 0 atom stereocenters. The van der Waals surface area contributed by atoms with E-state index in [0.717, 1.165) is 0 Å². The number of rotatable bonds is 5. The molecule has 3 rings (SSSR count). The Kier molecular flexibility index (Phi) is 4.37. The number of para-hydroxylation sites is 1. The van der Waals surface area contributed by atoms with E-state index in [-0.39, 0.29) is 5.89 Å². The number of hydrogen-bond acceptors (Lipinski definition) is 6. The maximum absolute atomic E-state index is 12.4. The molecule has 0 unspecified atom stereocenters. The van der Waals surface area contributed by atoms with Gasteiger partial charge in [0.2, 0.25) is 5.89 Å². The molecule has 1 heterocycles. The van der Waals surface area contributed by atoms with Crippen molar-refractivity contribution in [3.05, 3.63) is 46.8 Å². The van der Waals surface area contributed by atoms with Gasteiger partial charge in [0.25, 0.3) is 0 Å². The Morgan fingerprint density at radius 2 is 1.79 bits per heavy atom. The highest BCUT2D eigenvalue weighted by molar-refractivity contribution is 5.83. The summed E-state index contributed by atoms with van der Waals surface area (Å²) in [6.07, 6.45) is 0. The molecular formula is C18H17NO5. The van der Waals surface area contributed by atoms with Crippen molar-refractivity contribution in [3.63, 3.8) is 0 Å². The zero-order valence-electron chi connectivity index (χ0n) is 13.7. The standard InChI is InChI=1S/C18H17NO5/c1-4-23-16-9-12-13(10-15(16)22-3)19-17(24-18(12)20)11-7-5-6-8-14(11)21-2/h5-10H,4H2,1-3H3. The fourth-order valence-electron chi connectivity index (χ4n) is 2.44. The molecule has 3 aromatic rings. The molecule has 0 saturated carbocycles. The second-order valence-corrected chi connectivity index (χ2v) is 4.96. The van der Waals surface area contributed by atoms with Crippen LogP contribution in [-0.2, 0) is 0 Å². The van der Waals surface area contributed by atoms with Gasteiger partial charge in [0.1, 0.15) is 5.75 Å². The third-order valence-corrected chi connectivity index (χ3v) is 3.55. The van der Waals surface area contributed by atoms with Gasteiger partial charge in [0, 0.05) is 12.1 Å². The molecule has 0 aliphatic heterocycles. The summed E-state index contributed by atoms with van der Waals surface area (Å²) < 4.78 is 21.5. The summed E-state index contributed by atoms with van der Waals surface area (Å²) in [4.78, 5) is 16.8. The Hall–Kier alpha value is -3.02. The van der Waals surface area contributed by atoms with Crippen LogP contribution in [-0.4, -0.2) is 25.8 Å². The molecule has 0 fully saturated rings. The van der Waals surface area contributed by atoms with E-state index in [1.807, 2.05) is 19.1 Å². The monoisotopic (exact) mass is 327 g/mol. The van der Waals surface area contributed by atoms with Crippen LogP contribution in [0.1, 0.15) is 6.92 Å². The maximum atomic E-state index is 12.4. The second kappa shape index (κ2) is 6.62. The van der Waals surface area contributed by atoms with Crippen molar-refractivity contribution in [3.8, 4) is 28.7 Å². The van der Waals surface area contributed by atoms with E-state index < -0.39 is 5.63 Å². The van der Waals surface area contributed by atoms with E-state index >= 15 is 0 Å². The Labute approximate surface area is 138 Å². The van der Waals surface area contributed by atoms with Crippen LogP contribution < -0.4 is 19.8 Å². The van der Waals surface area contributed by atoms with E-state index in [1.165, 1.54) is 7.11 Å². The number of hydrogen-bond donors (Lipinski definition) is 0. The molecular weight excluding hydrogens is 310 g/mol. The van der Waals surface area contributed by atoms with Crippen LogP contribution >= 0.6 is 0 Å². The topological polar surface area (TPSA) is 70.8 Å². The Morgan fingerprint density at radius 1 is 1.04 bits per heavy atom. The number of benzene rings is 2. The first kappa shape index (κ1) is 15.9. The third-order valence-electron chi connectivity index (χ3n) is 3.55. The highest BCUT2D eigenvalue weighted by Gasteiger charge is 2.15. The fraction of sp³-hybridized carbons (Fsp3) is 0.222. The number of methoxy groups -OCH3 is 2. The largest absolute Gasteiger partial charge is 0.496 e. The third kappa shape index (κ3) is 2.78. The van der Waals surface area contributed by atoms with Crippen LogP contribution in [0, 0.1) is 0 Å². The summed E-state index contributed by atoms with van der Waals surface area (Å²) in [5, 5.41) is 0.331. The minimum atomic E-state index is -0.496. The van der Waals surface area contributed by atoms with Gasteiger partial charge in [-0.2, -0.15) is 0 Å². The summed E-state index contributed by atoms with van der Waals surface area (Å²) in [6.45, 7) is 2.31. The minimum Gasteiger partial charge on any atom is -0.496 e. The molecule has 0 spiro atoms. The first-order chi connectivity index (χ1) is 11.7. The smallest absolute Gasteiger partial charge is 0.347 e. The number of fused-ring (bicyclic) bond motifs is 1. The van der Waals surface area contributed by atoms with E-state index in [4.69, 9.17) is 18.6 Å². The van der Waals surface area contributed by atoms with Gasteiger partial charge in [-0.25, -0.2) is 9.78 Å². The normalized spacial score (nSPS) is 10.6. The van der Waals surface area contributed by atoms with E-state index in [2.05, 4.69) is 4.98 Å². The average molecular weight is 327 g/mol. The summed E-state index contributed by atoms with van der Waals surface area (Å²) in [5.41, 5.74) is 0.573. The predicted octanol–water partition coefficient (Wildman–Crippen LogP) is 3.27. The van der Waals surface area contributed by atoms with Crippen molar-refractivity contribution in [1.82, 2.24) is 4.98 Å². The zero-order chi connectivity index (χ0) is 17.1. The van der Waals surface area contributed by atoms with Crippen LogP contribution in [0.4, 0.5) is 0 Å². The lowest BCUT2D eigenvalue weighted by molar-refractivity contribution is 0.311. The highest BCUT2D eigenvalue weighted by atomic mass is 16.5. The van der Waals surface area contributed by atoms with Crippen molar-refractivity contribution in [2.75, 3.05) is 20.8 Å². The summed E-state index contributed by atoms with van der Waals surface area (Å²) >= 11 is 0. The van der Waals surface area contributed by atoms with Crippen molar-refractivity contribution in [2.45, 2.75) is 6.92 Å². The molecule has 6 nitrogen and oxygen atoms in total. The minimum absolute atomic E-state index is 0.191. The summed E-state index contributed by atoms with van der Waals surface area (Å²) in [5.74, 6) is 1.75. The Morgan fingerprint density at radius 3 is 2.50 bits per heavy atom. The Bertz CT molecular complexity index is 932. The zero-order valence-corrected chi connectivity index (χ0v) is 13.7. The van der Waals surface area contributed by atoms with Gasteiger partial charge in [0.05, 0.1) is 37.3 Å². The van der Waals surface area contributed by atoms with Crippen LogP contribution in [0.3, 0.4) is 0 Å². The molecule has 0 amide bonds. The molecule has 0 radical (unpaired) electrons. The van der Waals surface area contributed by atoms with Crippen LogP contribution in [0.5, 0.6) is 17.2 Å². The maximum Gasteiger partial charge on any atom is 0.347 e. The first-order valence-corrected chi connectivity index (χ1v) is 7.47. The molecule has 124 valence electrons. The molecule has 1 aromatic heterocycles. The van der Waals surface area contributed by atoms with Gasteiger partial charge in [-0.1, -0.05) is 12.1 Å². The number of nitrogens with zero attached hydrogens (tertiary/aromatic N) is 1. The van der Waals surface area contributed by atoms with E-state index in [0.29, 0.717) is 40.3 Å². The van der Waals surface area contributed by atoms with Crippen LogP contribution in [0.2, 0.25) is 0 Å². The molecule has 6 heteroatoms. The lowest BCUT2D eigenvalue weighted by Gasteiger charge is -2.11. The Balaban J connectivity index is 2.23. The van der Waals surface area contributed by atoms with Gasteiger partial charge in [-0.15, -0.1) is 0 Å². The summed E-state index contributed by atoms with van der Waals surface area (Å²) in [7, 11) is 3.09. The quantitative estimate of drug-likeness (QED) is 0.716. The van der Waals surface area contributed by atoms with Gasteiger partial charge in [-0.05, 0) is 19.1 Å². The van der Waals surface area contributed by atoms with Crippen molar-refractivity contribution < 1.29 is 18.6 Å². The molecule has 0 bridgehead atoms. The predicted molar refractivity (Wildman–Crippen MR) is 90.0 cm³/mol. The first-order valence-electron chi connectivity index (χ1n) is 7.47. The van der Waals surface area contributed by atoms with Gasteiger partial charge < -0.3 is 18.6 Å². The van der Waals surface area contributed by atoms with Gasteiger partial charge >= 0.3 is 5.63 Å². The second-order valence-electron chi connectivity index (χ2n) is 4.96. The lowest BCUT2D eigenvalue weighted by atomic mass is 10.2. The van der Waals surface area contributed by atoms with E-state index in [1.54, 1.807) is 31.4 Å². The van der Waals surface area contributed by atoms with Crippen molar-refractivity contribution >= 4 is 10.9 Å². The van der Waals surface area contributed by atoms with Gasteiger partial charge in [-0.3, -0.25) is 0 Å². The lowest BCUT2D eigenvalue weighted by Crippen LogP contribution is -2.05. The van der Waals surface area contributed by atoms with Gasteiger partial charge in [0.15, 0.2) is 11.5 Å².